The molecule has 2 heterocycles. The normalized spacial score (nSPS) is 19.4. The molecule has 0 aliphatic carbocycles. The van der Waals surface area contributed by atoms with Gasteiger partial charge in [-0.1, -0.05) is 12.1 Å². The molecule has 0 amide bonds. The fourth-order valence-corrected chi connectivity index (χ4v) is 4.44. The first-order valence-corrected chi connectivity index (χ1v) is 11.7. The molecule has 8 heteroatoms. The Balaban J connectivity index is 0.00000300. The summed E-state index contributed by atoms with van der Waals surface area (Å²) in [5.74, 6) is 3.35. The number of guanidine groups is 1. The third-order valence-electron chi connectivity index (χ3n) is 5.31. The molecular weight excluding hydrogens is 497 g/mol. The maximum absolute atomic E-state index is 5.45. The number of hydrogen-bond donors (Lipinski definition) is 2. The highest BCUT2D eigenvalue weighted by Gasteiger charge is 2.17. The first kappa shape index (κ1) is 24.6. The van der Waals surface area contributed by atoms with E-state index in [4.69, 9.17) is 9.73 Å². The fourth-order valence-electron chi connectivity index (χ4n) is 3.54. The molecule has 2 aliphatic heterocycles. The van der Waals surface area contributed by atoms with E-state index in [0.29, 0.717) is 12.6 Å². The molecule has 1 aromatic rings. The molecular formula is C21H36IN5OS. The van der Waals surface area contributed by atoms with Crippen molar-refractivity contribution in [3.8, 4) is 0 Å². The topological polar surface area (TPSA) is 52.1 Å². The Morgan fingerprint density at radius 3 is 2.45 bits per heavy atom. The van der Waals surface area contributed by atoms with Gasteiger partial charge in [-0.15, -0.1) is 24.0 Å². The molecule has 2 N–H and O–H groups in total. The number of nitrogens with one attached hydrogen (secondary N) is 2. The van der Waals surface area contributed by atoms with Crippen LogP contribution in [0.5, 0.6) is 0 Å². The van der Waals surface area contributed by atoms with Crippen molar-refractivity contribution in [3.63, 3.8) is 0 Å². The maximum Gasteiger partial charge on any atom is 0.191 e. The highest BCUT2D eigenvalue weighted by molar-refractivity contribution is 14.0. The van der Waals surface area contributed by atoms with Crippen molar-refractivity contribution >= 4 is 47.4 Å². The van der Waals surface area contributed by atoms with Crippen LogP contribution in [0, 0.1) is 0 Å². The number of aliphatic imine (C=N–C) groups is 1. The van der Waals surface area contributed by atoms with Crippen molar-refractivity contribution in [2.45, 2.75) is 26.4 Å². The fraction of sp³-hybridized carbons (Fsp3) is 0.667. The Labute approximate surface area is 197 Å². The minimum atomic E-state index is 0. The summed E-state index contributed by atoms with van der Waals surface area (Å²) in [5, 5.41) is 6.86. The van der Waals surface area contributed by atoms with Crippen LogP contribution in [0.2, 0.25) is 0 Å². The summed E-state index contributed by atoms with van der Waals surface area (Å²) in [5.41, 5.74) is 2.57. The number of nitrogens with zero attached hydrogens (tertiary/aromatic N) is 3. The van der Waals surface area contributed by atoms with Crippen LogP contribution in [0.1, 0.15) is 19.4 Å². The predicted octanol–water partition coefficient (Wildman–Crippen LogP) is 2.63. The second-order valence-corrected chi connectivity index (χ2v) is 8.56. The van der Waals surface area contributed by atoms with Crippen LogP contribution in [-0.4, -0.2) is 80.9 Å². The van der Waals surface area contributed by atoms with Gasteiger partial charge in [-0.2, -0.15) is 11.8 Å². The molecule has 0 bridgehead atoms. The minimum absolute atomic E-state index is 0. The molecule has 0 aromatic heterocycles. The molecule has 2 aliphatic rings. The smallest absolute Gasteiger partial charge is 0.191 e. The number of ether oxygens (including phenoxy) is 1. The van der Waals surface area contributed by atoms with Gasteiger partial charge in [0.05, 0.1) is 19.8 Å². The maximum atomic E-state index is 5.45. The number of thioether (sulfide) groups is 1. The van der Waals surface area contributed by atoms with Crippen molar-refractivity contribution in [2.24, 2.45) is 4.99 Å². The summed E-state index contributed by atoms with van der Waals surface area (Å²) >= 11 is 2.05. The van der Waals surface area contributed by atoms with Gasteiger partial charge in [0, 0.05) is 62.5 Å². The molecule has 164 valence electrons. The van der Waals surface area contributed by atoms with E-state index in [1.807, 2.05) is 11.8 Å². The number of rotatable bonds is 7. The molecule has 1 unspecified atom stereocenters. The zero-order valence-corrected chi connectivity index (χ0v) is 20.9. The Kier molecular flexibility index (Phi) is 11.5. The van der Waals surface area contributed by atoms with Crippen LogP contribution in [0.25, 0.3) is 0 Å². The van der Waals surface area contributed by atoms with Gasteiger partial charge in [-0.3, -0.25) is 4.90 Å². The summed E-state index contributed by atoms with van der Waals surface area (Å²) in [7, 11) is 0. The van der Waals surface area contributed by atoms with Gasteiger partial charge in [-0.25, -0.2) is 4.99 Å². The first-order chi connectivity index (χ1) is 13.8. The summed E-state index contributed by atoms with van der Waals surface area (Å²) in [6, 6.07) is 9.36. The highest BCUT2D eigenvalue weighted by Crippen LogP contribution is 2.20. The summed E-state index contributed by atoms with van der Waals surface area (Å²) in [6.45, 7) is 12.8. The van der Waals surface area contributed by atoms with Crippen LogP contribution in [0.3, 0.4) is 0 Å². The molecule has 0 spiro atoms. The molecule has 2 saturated heterocycles. The molecule has 29 heavy (non-hydrogen) atoms. The van der Waals surface area contributed by atoms with Crippen molar-refractivity contribution in [1.29, 1.82) is 0 Å². The molecule has 0 saturated carbocycles. The largest absolute Gasteiger partial charge is 0.379 e. The number of benzene rings is 1. The Bertz CT molecular complexity index is 604. The second-order valence-electron chi connectivity index (χ2n) is 7.34. The van der Waals surface area contributed by atoms with Crippen LogP contribution >= 0.6 is 35.7 Å². The van der Waals surface area contributed by atoms with Crippen LogP contribution < -0.4 is 15.5 Å². The van der Waals surface area contributed by atoms with Gasteiger partial charge in [0.15, 0.2) is 5.96 Å². The molecule has 6 nitrogen and oxygen atoms in total. The molecule has 3 rings (SSSR count). The van der Waals surface area contributed by atoms with Crippen LogP contribution in [0.15, 0.2) is 29.3 Å². The van der Waals surface area contributed by atoms with Gasteiger partial charge in [0.2, 0.25) is 0 Å². The summed E-state index contributed by atoms with van der Waals surface area (Å²) in [4.78, 5) is 9.72. The van der Waals surface area contributed by atoms with Gasteiger partial charge in [0.25, 0.3) is 0 Å². The lowest BCUT2D eigenvalue weighted by molar-refractivity contribution is 0.0211. The number of halogens is 1. The van der Waals surface area contributed by atoms with Gasteiger partial charge in [0.1, 0.15) is 0 Å². The van der Waals surface area contributed by atoms with Crippen LogP contribution in [-0.2, 0) is 11.3 Å². The monoisotopic (exact) mass is 533 g/mol. The quantitative estimate of drug-likeness (QED) is 0.320. The van der Waals surface area contributed by atoms with Gasteiger partial charge in [-0.05, 0) is 31.5 Å². The van der Waals surface area contributed by atoms with Gasteiger partial charge < -0.3 is 20.3 Å². The molecule has 1 atom stereocenters. The van der Waals surface area contributed by atoms with E-state index in [1.54, 1.807) is 0 Å². The molecule has 2 fully saturated rings. The average molecular weight is 534 g/mol. The van der Waals surface area contributed by atoms with Crippen molar-refractivity contribution < 1.29 is 4.74 Å². The summed E-state index contributed by atoms with van der Waals surface area (Å²) < 4.78 is 5.45. The zero-order valence-electron chi connectivity index (χ0n) is 17.7. The van der Waals surface area contributed by atoms with E-state index in [2.05, 4.69) is 58.5 Å². The van der Waals surface area contributed by atoms with Gasteiger partial charge >= 0.3 is 0 Å². The van der Waals surface area contributed by atoms with Crippen molar-refractivity contribution in [2.75, 3.05) is 68.9 Å². The third-order valence-corrected chi connectivity index (χ3v) is 6.25. The standard InChI is InChI=1S/C21H35N5OS.HI/c1-3-22-21(23-16-18(2)25-8-12-27-13-9-25)24-17-19-4-6-20(7-5-19)26-10-14-28-15-11-26;/h4-7,18H,3,8-17H2,1-2H3,(H2,22,23,24);1H. The number of anilines is 1. The Morgan fingerprint density at radius 2 is 1.79 bits per heavy atom. The van der Waals surface area contributed by atoms with E-state index in [0.717, 1.165) is 58.4 Å². The molecule has 0 radical (unpaired) electrons. The SMILES string of the molecule is CCNC(=NCc1ccc(N2CCSCC2)cc1)NCC(C)N1CCOCC1.I. The van der Waals surface area contributed by atoms with E-state index in [1.165, 1.54) is 22.8 Å². The van der Waals surface area contributed by atoms with Crippen molar-refractivity contribution in [1.82, 2.24) is 15.5 Å². The van der Waals surface area contributed by atoms with Crippen molar-refractivity contribution in [3.05, 3.63) is 29.8 Å². The number of morpholine rings is 1. The summed E-state index contributed by atoms with van der Waals surface area (Å²) in [6.07, 6.45) is 0. The Morgan fingerprint density at radius 1 is 1.10 bits per heavy atom. The first-order valence-electron chi connectivity index (χ1n) is 10.5. The van der Waals surface area contributed by atoms with Crippen LogP contribution in [0.4, 0.5) is 5.69 Å². The molecule has 1 aromatic carbocycles. The lowest BCUT2D eigenvalue weighted by Crippen LogP contribution is -2.49. The van der Waals surface area contributed by atoms with E-state index >= 15 is 0 Å². The zero-order chi connectivity index (χ0) is 19.6. The van der Waals surface area contributed by atoms with E-state index < -0.39 is 0 Å². The Hall–Kier alpha value is -0.710. The van der Waals surface area contributed by atoms with E-state index in [-0.39, 0.29) is 24.0 Å². The minimum Gasteiger partial charge on any atom is -0.379 e. The number of hydrogen-bond acceptors (Lipinski definition) is 5. The average Bonchev–Trinajstić information content (AvgIpc) is 2.77. The lowest BCUT2D eigenvalue weighted by atomic mass is 10.2. The lowest BCUT2D eigenvalue weighted by Gasteiger charge is -2.32. The predicted molar refractivity (Wildman–Crippen MR) is 136 cm³/mol. The third kappa shape index (κ3) is 8.15. The highest BCUT2D eigenvalue weighted by atomic mass is 127. The second kappa shape index (κ2) is 13.6. The van der Waals surface area contributed by atoms with E-state index in [9.17, 15) is 0 Å².